The number of aliphatic hydroxyl groups is 1. The van der Waals surface area contributed by atoms with Crippen molar-refractivity contribution >= 4 is 5.69 Å². The molecule has 0 aliphatic carbocycles. The minimum atomic E-state index is -0.217. The number of para-hydroxylation sites is 1. The first-order chi connectivity index (χ1) is 6.61. The van der Waals surface area contributed by atoms with E-state index < -0.39 is 0 Å². The normalized spacial score (nSPS) is 12.6. The third-order valence-corrected chi connectivity index (χ3v) is 2.30. The van der Waals surface area contributed by atoms with Gasteiger partial charge in [-0.15, -0.1) is 0 Å². The largest absolute Gasteiger partial charge is 0.393 e. The van der Waals surface area contributed by atoms with Crippen molar-refractivity contribution in [2.75, 3.05) is 19.0 Å². The fourth-order valence-corrected chi connectivity index (χ4v) is 1.52. The standard InChI is InChI=1S/C12H19NO/c1-10(14)8-9-11-6-4-5-7-12(11)13(2)3/h4-7,10,14H,8-9H2,1-3H3/t10-/m0/s1. The van der Waals surface area contributed by atoms with Crippen molar-refractivity contribution in [3.8, 4) is 0 Å². The summed E-state index contributed by atoms with van der Waals surface area (Å²) in [4.78, 5) is 2.11. The second-order valence-corrected chi connectivity index (χ2v) is 3.91. The molecule has 0 aliphatic heterocycles. The van der Waals surface area contributed by atoms with Gasteiger partial charge >= 0.3 is 0 Å². The average Bonchev–Trinajstić information content (AvgIpc) is 2.15. The molecule has 2 nitrogen and oxygen atoms in total. The molecule has 1 aromatic rings. The quantitative estimate of drug-likeness (QED) is 0.791. The van der Waals surface area contributed by atoms with Crippen molar-refractivity contribution < 1.29 is 5.11 Å². The summed E-state index contributed by atoms with van der Waals surface area (Å²) in [7, 11) is 4.09. The summed E-state index contributed by atoms with van der Waals surface area (Å²) in [5.41, 5.74) is 2.55. The zero-order valence-electron chi connectivity index (χ0n) is 9.20. The fourth-order valence-electron chi connectivity index (χ4n) is 1.52. The van der Waals surface area contributed by atoms with Crippen LogP contribution in [0.3, 0.4) is 0 Å². The molecule has 0 aromatic heterocycles. The first-order valence-electron chi connectivity index (χ1n) is 5.04. The van der Waals surface area contributed by atoms with Crippen LogP contribution in [0.1, 0.15) is 18.9 Å². The Balaban J connectivity index is 2.74. The Bertz CT molecular complexity index is 281. The molecule has 0 amide bonds. The van der Waals surface area contributed by atoms with Gasteiger partial charge in [0.25, 0.3) is 0 Å². The molecule has 0 saturated heterocycles. The first-order valence-corrected chi connectivity index (χ1v) is 5.04. The van der Waals surface area contributed by atoms with E-state index in [4.69, 9.17) is 0 Å². The van der Waals surface area contributed by atoms with Crippen LogP contribution >= 0.6 is 0 Å². The van der Waals surface area contributed by atoms with Crippen molar-refractivity contribution in [2.45, 2.75) is 25.9 Å². The smallest absolute Gasteiger partial charge is 0.0515 e. The molecule has 0 unspecified atom stereocenters. The van der Waals surface area contributed by atoms with E-state index in [1.54, 1.807) is 0 Å². The van der Waals surface area contributed by atoms with Gasteiger partial charge in [-0.2, -0.15) is 0 Å². The molecule has 1 aromatic carbocycles. The second kappa shape index (κ2) is 5.01. The summed E-state index contributed by atoms with van der Waals surface area (Å²) in [5.74, 6) is 0. The lowest BCUT2D eigenvalue weighted by Gasteiger charge is -2.17. The highest BCUT2D eigenvalue weighted by molar-refractivity contribution is 5.52. The number of anilines is 1. The van der Waals surface area contributed by atoms with Gasteiger partial charge in [0.05, 0.1) is 6.10 Å². The van der Waals surface area contributed by atoms with Gasteiger partial charge in [0.1, 0.15) is 0 Å². The Kier molecular flexibility index (Phi) is 3.96. The lowest BCUT2D eigenvalue weighted by atomic mass is 10.1. The predicted octanol–water partition coefficient (Wildman–Crippen LogP) is 2.07. The number of nitrogens with zero attached hydrogens (tertiary/aromatic N) is 1. The zero-order chi connectivity index (χ0) is 10.6. The summed E-state index contributed by atoms with van der Waals surface area (Å²) < 4.78 is 0. The minimum Gasteiger partial charge on any atom is -0.393 e. The van der Waals surface area contributed by atoms with E-state index in [0.29, 0.717) is 0 Å². The number of benzene rings is 1. The van der Waals surface area contributed by atoms with Gasteiger partial charge < -0.3 is 10.0 Å². The van der Waals surface area contributed by atoms with E-state index in [1.165, 1.54) is 11.3 Å². The van der Waals surface area contributed by atoms with E-state index in [1.807, 2.05) is 33.2 Å². The molecule has 1 N–H and O–H groups in total. The Morgan fingerprint density at radius 3 is 2.50 bits per heavy atom. The molecule has 0 heterocycles. The van der Waals surface area contributed by atoms with Gasteiger partial charge in [-0.1, -0.05) is 18.2 Å². The molecule has 0 aliphatic rings. The molecule has 0 spiro atoms. The predicted molar refractivity (Wildman–Crippen MR) is 60.8 cm³/mol. The summed E-state index contributed by atoms with van der Waals surface area (Å²) in [6.45, 7) is 1.83. The van der Waals surface area contributed by atoms with Gasteiger partial charge in [-0.05, 0) is 31.4 Å². The fraction of sp³-hybridized carbons (Fsp3) is 0.500. The Morgan fingerprint density at radius 1 is 1.29 bits per heavy atom. The zero-order valence-corrected chi connectivity index (χ0v) is 9.20. The SMILES string of the molecule is C[C@H](O)CCc1ccccc1N(C)C. The lowest BCUT2D eigenvalue weighted by Crippen LogP contribution is -2.12. The number of aryl methyl sites for hydroxylation is 1. The van der Waals surface area contributed by atoms with Gasteiger partial charge in [0.15, 0.2) is 0 Å². The van der Waals surface area contributed by atoms with E-state index >= 15 is 0 Å². The minimum absolute atomic E-state index is 0.217. The maximum Gasteiger partial charge on any atom is 0.0515 e. The van der Waals surface area contributed by atoms with Crippen LogP contribution in [-0.2, 0) is 6.42 Å². The van der Waals surface area contributed by atoms with Gasteiger partial charge in [-0.25, -0.2) is 0 Å². The van der Waals surface area contributed by atoms with Crippen LogP contribution in [0.15, 0.2) is 24.3 Å². The summed E-state index contributed by atoms with van der Waals surface area (Å²) in [5, 5.41) is 9.23. The maximum atomic E-state index is 9.23. The molecule has 1 atom stereocenters. The molecule has 1 rings (SSSR count). The number of hydrogen-bond donors (Lipinski definition) is 1. The third-order valence-electron chi connectivity index (χ3n) is 2.30. The van der Waals surface area contributed by atoms with Crippen molar-refractivity contribution in [2.24, 2.45) is 0 Å². The topological polar surface area (TPSA) is 23.5 Å². The number of rotatable bonds is 4. The Hall–Kier alpha value is -1.02. The average molecular weight is 193 g/mol. The van der Waals surface area contributed by atoms with Crippen molar-refractivity contribution in [3.05, 3.63) is 29.8 Å². The maximum absolute atomic E-state index is 9.23. The molecule has 0 radical (unpaired) electrons. The van der Waals surface area contributed by atoms with Crippen molar-refractivity contribution in [3.63, 3.8) is 0 Å². The van der Waals surface area contributed by atoms with E-state index in [2.05, 4.69) is 17.0 Å². The number of hydrogen-bond acceptors (Lipinski definition) is 2. The monoisotopic (exact) mass is 193 g/mol. The van der Waals surface area contributed by atoms with Crippen LogP contribution in [0.2, 0.25) is 0 Å². The van der Waals surface area contributed by atoms with Gasteiger partial charge in [0, 0.05) is 19.8 Å². The Morgan fingerprint density at radius 2 is 1.93 bits per heavy atom. The molecule has 0 fully saturated rings. The van der Waals surface area contributed by atoms with Crippen LogP contribution in [0.25, 0.3) is 0 Å². The molecule has 0 bridgehead atoms. The highest BCUT2D eigenvalue weighted by atomic mass is 16.3. The Labute approximate surface area is 86.2 Å². The van der Waals surface area contributed by atoms with Gasteiger partial charge in [-0.3, -0.25) is 0 Å². The van der Waals surface area contributed by atoms with Gasteiger partial charge in [0.2, 0.25) is 0 Å². The van der Waals surface area contributed by atoms with Crippen LogP contribution in [-0.4, -0.2) is 25.3 Å². The first kappa shape index (κ1) is 11.1. The van der Waals surface area contributed by atoms with Crippen LogP contribution in [0.4, 0.5) is 5.69 Å². The van der Waals surface area contributed by atoms with Crippen molar-refractivity contribution in [1.82, 2.24) is 0 Å². The molecule has 0 saturated carbocycles. The van der Waals surface area contributed by atoms with E-state index in [-0.39, 0.29) is 6.10 Å². The molecule has 78 valence electrons. The van der Waals surface area contributed by atoms with Crippen LogP contribution < -0.4 is 4.90 Å². The lowest BCUT2D eigenvalue weighted by molar-refractivity contribution is 0.185. The van der Waals surface area contributed by atoms with E-state index in [9.17, 15) is 5.11 Å². The highest BCUT2D eigenvalue weighted by Gasteiger charge is 2.04. The molecule has 14 heavy (non-hydrogen) atoms. The van der Waals surface area contributed by atoms with Crippen LogP contribution in [0.5, 0.6) is 0 Å². The molecular formula is C12H19NO. The highest BCUT2D eigenvalue weighted by Crippen LogP contribution is 2.19. The second-order valence-electron chi connectivity index (χ2n) is 3.91. The van der Waals surface area contributed by atoms with Crippen molar-refractivity contribution in [1.29, 1.82) is 0 Å². The summed E-state index contributed by atoms with van der Waals surface area (Å²) in [6.07, 6.45) is 1.54. The third kappa shape index (κ3) is 3.04. The summed E-state index contributed by atoms with van der Waals surface area (Å²) >= 11 is 0. The number of aliphatic hydroxyl groups excluding tert-OH is 1. The summed E-state index contributed by atoms with van der Waals surface area (Å²) in [6, 6.07) is 8.32. The molecular weight excluding hydrogens is 174 g/mol. The van der Waals surface area contributed by atoms with Crippen LogP contribution in [0, 0.1) is 0 Å². The molecule has 2 heteroatoms. The van der Waals surface area contributed by atoms with E-state index in [0.717, 1.165) is 12.8 Å².